The summed E-state index contributed by atoms with van der Waals surface area (Å²) in [5.74, 6) is 2.66. The van der Waals surface area contributed by atoms with Gasteiger partial charge in [0.25, 0.3) is 5.22 Å². The monoisotopic (exact) mass is 335 g/mol. The quantitative estimate of drug-likeness (QED) is 0.537. The molecule has 0 spiro atoms. The highest BCUT2D eigenvalue weighted by Gasteiger charge is 2.17. The van der Waals surface area contributed by atoms with Crippen molar-refractivity contribution in [2.45, 2.75) is 18.1 Å². The molecule has 8 heteroatoms. The third kappa shape index (κ3) is 4.07. The zero-order valence-electron chi connectivity index (χ0n) is 13.2. The van der Waals surface area contributed by atoms with Crippen LogP contribution in [0.1, 0.15) is 12.8 Å². The molecule has 0 saturated carbocycles. The zero-order chi connectivity index (χ0) is 16.7. The fraction of sp³-hybridized carbons (Fsp3) is 0.400. The summed E-state index contributed by atoms with van der Waals surface area (Å²) in [5.41, 5.74) is 0.677. The first-order valence-electron chi connectivity index (χ1n) is 6.87. The summed E-state index contributed by atoms with van der Waals surface area (Å²) in [5, 5.41) is 17.0. The van der Waals surface area contributed by atoms with E-state index in [0.717, 1.165) is 12.2 Å². The second-order valence-electron chi connectivity index (χ2n) is 4.40. The van der Waals surface area contributed by atoms with Crippen LogP contribution in [-0.4, -0.2) is 37.3 Å². The Balaban J connectivity index is 2.22. The van der Waals surface area contributed by atoms with E-state index in [-0.39, 0.29) is 0 Å². The van der Waals surface area contributed by atoms with Crippen LogP contribution in [0.3, 0.4) is 0 Å². The molecule has 0 unspecified atom stereocenters. The van der Waals surface area contributed by atoms with Gasteiger partial charge < -0.3 is 18.6 Å². The topological polar surface area (TPSA) is 90.4 Å². The fourth-order valence-electron chi connectivity index (χ4n) is 1.90. The smallest absolute Gasteiger partial charge is 0.276 e. The van der Waals surface area contributed by atoms with E-state index in [9.17, 15) is 0 Å². The first-order valence-corrected chi connectivity index (χ1v) is 7.85. The number of nitrogens with zero attached hydrogens (tertiary/aromatic N) is 3. The van der Waals surface area contributed by atoms with Gasteiger partial charge in [-0.25, -0.2) is 0 Å². The predicted molar refractivity (Wildman–Crippen MR) is 85.0 cm³/mol. The molecule has 0 atom stereocenters. The summed E-state index contributed by atoms with van der Waals surface area (Å²) in [6.45, 7) is 0. The molecule has 0 fully saturated rings. The molecular formula is C15H17N3O4S. The molecule has 0 aliphatic rings. The molecule has 2 aromatic rings. The van der Waals surface area contributed by atoms with Crippen LogP contribution in [-0.2, 0) is 0 Å². The van der Waals surface area contributed by atoms with E-state index in [1.54, 1.807) is 33.5 Å². The molecule has 0 radical (unpaired) electrons. The van der Waals surface area contributed by atoms with E-state index in [2.05, 4.69) is 16.3 Å². The molecule has 122 valence electrons. The Morgan fingerprint density at radius 1 is 1.13 bits per heavy atom. The molecule has 0 aliphatic carbocycles. The van der Waals surface area contributed by atoms with Gasteiger partial charge in [-0.1, -0.05) is 11.8 Å². The number of hydrogen-bond acceptors (Lipinski definition) is 8. The first kappa shape index (κ1) is 17.0. The Bertz CT molecular complexity index is 671. The highest BCUT2D eigenvalue weighted by atomic mass is 32.2. The number of ether oxygens (including phenoxy) is 3. The van der Waals surface area contributed by atoms with Gasteiger partial charge in [-0.2, -0.15) is 5.26 Å². The first-order chi connectivity index (χ1) is 11.2. The summed E-state index contributed by atoms with van der Waals surface area (Å²) in [7, 11) is 4.64. The van der Waals surface area contributed by atoms with Crippen molar-refractivity contribution in [3.63, 3.8) is 0 Å². The van der Waals surface area contributed by atoms with Crippen LogP contribution in [0.4, 0.5) is 0 Å². The van der Waals surface area contributed by atoms with Crippen LogP contribution in [0.25, 0.3) is 11.5 Å². The zero-order valence-corrected chi connectivity index (χ0v) is 14.0. The van der Waals surface area contributed by atoms with Crippen LogP contribution in [0.15, 0.2) is 21.8 Å². The summed E-state index contributed by atoms with van der Waals surface area (Å²) >= 11 is 1.42. The van der Waals surface area contributed by atoms with E-state index in [1.165, 1.54) is 11.8 Å². The van der Waals surface area contributed by atoms with Gasteiger partial charge in [-0.3, -0.25) is 0 Å². The van der Waals surface area contributed by atoms with E-state index >= 15 is 0 Å². The van der Waals surface area contributed by atoms with Crippen LogP contribution in [0.2, 0.25) is 0 Å². The van der Waals surface area contributed by atoms with Crippen molar-refractivity contribution in [2.75, 3.05) is 27.1 Å². The minimum atomic E-state index is 0.368. The van der Waals surface area contributed by atoms with Gasteiger partial charge in [-0.15, -0.1) is 10.2 Å². The maximum atomic E-state index is 8.51. The number of thioether (sulfide) groups is 1. The molecule has 0 N–H and O–H groups in total. The standard InChI is InChI=1S/C15H17N3O4S/c1-19-11-8-10(9-12(20-2)13(11)21-3)14-17-18-15(22-14)23-7-5-4-6-16/h8-9H,4-5,7H2,1-3H3. The van der Waals surface area contributed by atoms with E-state index in [1.807, 2.05) is 0 Å². The maximum absolute atomic E-state index is 8.51. The molecular weight excluding hydrogens is 318 g/mol. The lowest BCUT2D eigenvalue weighted by Gasteiger charge is -2.12. The molecule has 23 heavy (non-hydrogen) atoms. The van der Waals surface area contributed by atoms with Crippen molar-refractivity contribution in [1.29, 1.82) is 5.26 Å². The lowest BCUT2D eigenvalue weighted by Crippen LogP contribution is -1.95. The Kier molecular flexibility index (Phi) is 6.11. The van der Waals surface area contributed by atoms with Crippen LogP contribution < -0.4 is 14.2 Å². The van der Waals surface area contributed by atoms with Crippen molar-refractivity contribution < 1.29 is 18.6 Å². The van der Waals surface area contributed by atoms with Crippen molar-refractivity contribution in [3.8, 4) is 34.8 Å². The largest absolute Gasteiger partial charge is 0.493 e. The summed E-state index contributed by atoms with van der Waals surface area (Å²) in [6.07, 6.45) is 1.30. The van der Waals surface area contributed by atoms with Crippen LogP contribution >= 0.6 is 11.8 Å². The van der Waals surface area contributed by atoms with E-state index < -0.39 is 0 Å². The van der Waals surface area contributed by atoms with E-state index in [4.69, 9.17) is 23.9 Å². The summed E-state index contributed by atoms with van der Waals surface area (Å²) in [6, 6.07) is 5.60. The normalized spacial score (nSPS) is 10.2. The molecule has 1 aromatic carbocycles. The van der Waals surface area contributed by atoms with Crippen LogP contribution in [0, 0.1) is 11.3 Å². The van der Waals surface area contributed by atoms with E-state index in [0.29, 0.717) is 40.3 Å². The van der Waals surface area contributed by atoms with Gasteiger partial charge in [0, 0.05) is 17.7 Å². The Morgan fingerprint density at radius 3 is 2.39 bits per heavy atom. The van der Waals surface area contributed by atoms with Gasteiger partial charge in [0.2, 0.25) is 11.6 Å². The van der Waals surface area contributed by atoms with Crippen molar-refractivity contribution in [2.24, 2.45) is 0 Å². The van der Waals surface area contributed by atoms with Gasteiger partial charge in [-0.05, 0) is 18.6 Å². The third-order valence-electron chi connectivity index (χ3n) is 2.98. The molecule has 1 aromatic heterocycles. The maximum Gasteiger partial charge on any atom is 0.276 e. The lowest BCUT2D eigenvalue weighted by atomic mass is 10.2. The molecule has 0 aliphatic heterocycles. The van der Waals surface area contributed by atoms with Gasteiger partial charge in [0.05, 0.1) is 27.4 Å². The number of hydrogen-bond donors (Lipinski definition) is 0. The number of nitriles is 1. The minimum Gasteiger partial charge on any atom is -0.493 e. The molecule has 1 heterocycles. The molecule has 0 bridgehead atoms. The molecule has 2 rings (SSSR count). The third-order valence-corrected chi connectivity index (χ3v) is 3.88. The highest BCUT2D eigenvalue weighted by Crippen LogP contribution is 2.41. The Morgan fingerprint density at radius 2 is 1.83 bits per heavy atom. The number of aromatic nitrogens is 2. The predicted octanol–water partition coefficient (Wildman–Crippen LogP) is 3.16. The number of benzene rings is 1. The average molecular weight is 335 g/mol. The van der Waals surface area contributed by atoms with Crippen molar-refractivity contribution in [1.82, 2.24) is 10.2 Å². The molecule has 0 saturated heterocycles. The second kappa shape index (κ2) is 8.29. The van der Waals surface area contributed by atoms with Crippen LogP contribution in [0.5, 0.6) is 17.2 Å². The number of methoxy groups -OCH3 is 3. The molecule has 7 nitrogen and oxygen atoms in total. The summed E-state index contributed by atoms with van der Waals surface area (Å²) in [4.78, 5) is 0. The fourth-order valence-corrected chi connectivity index (χ4v) is 2.60. The Labute approximate surface area is 138 Å². The van der Waals surface area contributed by atoms with Gasteiger partial charge >= 0.3 is 0 Å². The minimum absolute atomic E-state index is 0.368. The van der Waals surface area contributed by atoms with Gasteiger partial charge in [0.15, 0.2) is 11.5 Å². The van der Waals surface area contributed by atoms with Crippen molar-refractivity contribution >= 4 is 11.8 Å². The SMILES string of the molecule is COc1cc(-c2nnc(SCCCC#N)o2)cc(OC)c1OC. The van der Waals surface area contributed by atoms with Gasteiger partial charge in [0.1, 0.15) is 0 Å². The number of rotatable bonds is 8. The van der Waals surface area contributed by atoms with Crippen molar-refractivity contribution in [3.05, 3.63) is 12.1 Å². The second-order valence-corrected chi connectivity index (χ2v) is 5.44. The Hall–Kier alpha value is -2.40. The highest BCUT2D eigenvalue weighted by molar-refractivity contribution is 7.99. The average Bonchev–Trinajstić information content (AvgIpc) is 3.06. The lowest BCUT2D eigenvalue weighted by molar-refractivity contribution is 0.324. The molecule has 0 amide bonds. The number of unbranched alkanes of at least 4 members (excludes halogenated alkanes) is 1. The summed E-state index contributed by atoms with van der Waals surface area (Å²) < 4.78 is 21.5.